The molecule has 13 heteroatoms. The first-order chi connectivity index (χ1) is 19.8. The second kappa shape index (κ2) is 10.2. The zero-order chi connectivity index (χ0) is 28.8. The third-order valence-electron chi connectivity index (χ3n) is 6.98. The topological polar surface area (TPSA) is 156 Å². The normalized spacial score (nSPS) is 16.7. The number of hydrogen-bond donors (Lipinski definition) is 2. The van der Waals surface area contributed by atoms with Crippen LogP contribution in [-0.4, -0.2) is 49.4 Å². The number of halogens is 1. The van der Waals surface area contributed by atoms with Crippen LogP contribution in [0.15, 0.2) is 53.5 Å². The number of anilines is 2. The van der Waals surface area contributed by atoms with Gasteiger partial charge in [-0.1, -0.05) is 29.5 Å². The Balaban J connectivity index is 1.65. The Morgan fingerprint density at radius 2 is 1.98 bits per heavy atom. The second-order valence-corrected chi connectivity index (χ2v) is 10.5. The van der Waals surface area contributed by atoms with Crippen molar-refractivity contribution in [3.05, 3.63) is 81.9 Å². The Kier molecular flexibility index (Phi) is 6.56. The number of nitrogen functional groups attached to an aromatic ring is 1. The van der Waals surface area contributed by atoms with E-state index in [0.717, 1.165) is 11.3 Å². The minimum atomic E-state index is -0.812. The van der Waals surface area contributed by atoms with Crippen LogP contribution in [0.5, 0.6) is 5.19 Å². The lowest BCUT2D eigenvalue weighted by atomic mass is 10.1. The molecule has 41 heavy (non-hydrogen) atoms. The maximum absolute atomic E-state index is 15.4. The summed E-state index contributed by atoms with van der Waals surface area (Å²) < 4.78 is 22.0. The third-order valence-corrected chi connectivity index (χ3v) is 7.96. The monoisotopic (exact) mass is 570 g/mol. The number of para-hydroxylation sites is 1. The van der Waals surface area contributed by atoms with Gasteiger partial charge in [-0.2, -0.15) is 10.2 Å². The molecule has 0 amide bonds. The van der Waals surface area contributed by atoms with E-state index in [-0.39, 0.29) is 46.8 Å². The predicted molar refractivity (Wildman–Crippen MR) is 152 cm³/mol. The smallest absolute Gasteiger partial charge is 0.273 e. The van der Waals surface area contributed by atoms with Crippen molar-refractivity contribution in [2.45, 2.75) is 25.5 Å². The number of methoxy groups -OCH3 is 1. The van der Waals surface area contributed by atoms with Crippen molar-refractivity contribution in [2.75, 3.05) is 24.3 Å². The molecule has 0 aliphatic carbocycles. The van der Waals surface area contributed by atoms with Gasteiger partial charge in [-0.25, -0.2) is 19.3 Å². The molecule has 11 nitrogen and oxygen atoms in total. The van der Waals surface area contributed by atoms with Crippen molar-refractivity contribution in [3.63, 3.8) is 0 Å². The highest BCUT2D eigenvalue weighted by atomic mass is 32.1. The number of aromatic nitrogens is 5. The van der Waals surface area contributed by atoms with E-state index in [4.69, 9.17) is 15.5 Å². The van der Waals surface area contributed by atoms with Crippen LogP contribution in [0, 0.1) is 24.1 Å². The van der Waals surface area contributed by atoms with Crippen LogP contribution < -0.4 is 20.9 Å². The fourth-order valence-corrected chi connectivity index (χ4v) is 6.02. The number of thiazole rings is 1. The third kappa shape index (κ3) is 4.43. The molecule has 2 aromatic carbocycles. The van der Waals surface area contributed by atoms with Crippen molar-refractivity contribution in [3.8, 4) is 27.4 Å². The van der Waals surface area contributed by atoms with Crippen LogP contribution in [-0.2, 0) is 0 Å². The summed E-state index contributed by atoms with van der Waals surface area (Å²) in [5.41, 5.74) is 6.88. The fraction of sp³-hybridized carbons (Fsp3) is 0.214. The molecule has 0 spiro atoms. The fourth-order valence-electron chi connectivity index (χ4n) is 5.23. The van der Waals surface area contributed by atoms with Crippen LogP contribution in [0.25, 0.3) is 27.0 Å². The molecule has 5 aromatic rings. The summed E-state index contributed by atoms with van der Waals surface area (Å²) in [6.07, 6.45) is 0.842. The van der Waals surface area contributed by atoms with Gasteiger partial charge >= 0.3 is 0 Å². The van der Waals surface area contributed by atoms with Crippen LogP contribution in [0.4, 0.5) is 16.2 Å². The van der Waals surface area contributed by atoms with Gasteiger partial charge in [0.15, 0.2) is 5.82 Å². The van der Waals surface area contributed by atoms with Gasteiger partial charge < -0.3 is 20.5 Å². The molecule has 4 heterocycles. The molecule has 0 unspecified atom stereocenters. The van der Waals surface area contributed by atoms with Crippen molar-refractivity contribution in [1.29, 1.82) is 5.26 Å². The molecule has 0 bridgehead atoms. The lowest BCUT2D eigenvalue weighted by Gasteiger charge is -2.28. The Morgan fingerprint density at radius 3 is 2.68 bits per heavy atom. The van der Waals surface area contributed by atoms with E-state index in [0.29, 0.717) is 27.3 Å². The molecule has 1 aliphatic heterocycles. The summed E-state index contributed by atoms with van der Waals surface area (Å²) in [4.78, 5) is 34.0. The summed E-state index contributed by atoms with van der Waals surface area (Å²) in [7, 11) is 1.46. The number of nitrogens with zero attached hydrogens (tertiary/aromatic N) is 7. The van der Waals surface area contributed by atoms with Crippen LogP contribution in [0.1, 0.15) is 29.5 Å². The lowest BCUT2D eigenvalue weighted by molar-refractivity contribution is 0.193. The number of aryl methyl sites for hydroxylation is 1. The highest BCUT2D eigenvalue weighted by molar-refractivity contribution is 7.16. The first-order valence-electron chi connectivity index (χ1n) is 12.6. The van der Waals surface area contributed by atoms with Gasteiger partial charge in [-0.3, -0.25) is 9.36 Å². The van der Waals surface area contributed by atoms with E-state index in [1.54, 1.807) is 36.1 Å². The van der Waals surface area contributed by atoms with Gasteiger partial charge in [0, 0.05) is 24.7 Å². The molecule has 1 saturated heterocycles. The average Bonchev–Trinajstić information content (AvgIpc) is 3.60. The average molecular weight is 571 g/mol. The summed E-state index contributed by atoms with van der Waals surface area (Å²) in [5, 5.41) is 21.1. The number of aliphatic hydroxyl groups excluding tert-OH is 1. The Bertz CT molecular complexity index is 1900. The van der Waals surface area contributed by atoms with Crippen molar-refractivity contribution < 1.29 is 14.2 Å². The molecular weight excluding hydrogens is 547 g/mol. The number of β-amino-alcohol motifs (C(OH)–C–C–N with tert-alkyl or cyclic N) is 1. The van der Waals surface area contributed by atoms with Gasteiger partial charge in [0.25, 0.3) is 10.8 Å². The van der Waals surface area contributed by atoms with E-state index in [1.807, 2.05) is 6.07 Å². The van der Waals surface area contributed by atoms with Crippen LogP contribution in [0.2, 0.25) is 0 Å². The minimum Gasteiger partial charge on any atom is -0.473 e. The number of hydrogen-bond acceptors (Lipinski definition) is 11. The zero-order valence-electron chi connectivity index (χ0n) is 21.9. The highest BCUT2D eigenvalue weighted by Crippen LogP contribution is 2.40. The van der Waals surface area contributed by atoms with Gasteiger partial charge in [0.05, 0.1) is 46.4 Å². The number of aliphatic hydroxyl groups is 1. The standard InChI is InChI=1S/C28H23FN8O3S/c1-14-17(11-30)24(35-27(31)33-14)36-13-16(38)10-20(36)25-34-19-9-8-18(29)22(21-12-32-28(40-2)41-21)23(19)26(39)37(25)15-6-4-3-5-7-15/h3-9,12,16,20,38H,10,13H2,1-2H3,(H2,31,33,35)/t16-,20-/m0/s1. The maximum atomic E-state index is 15.4. The molecule has 0 radical (unpaired) electrons. The number of nitriles is 1. The predicted octanol–water partition coefficient (Wildman–Crippen LogP) is 3.52. The molecule has 3 N–H and O–H groups in total. The van der Waals surface area contributed by atoms with E-state index < -0.39 is 23.5 Å². The molecule has 1 fully saturated rings. The number of rotatable bonds is 5. The number of ether oxygens (including phenoxy) is 1. The van der Waals surface area contributed by atoms with Crippen LogP contribution in [0.3, 0.4) is 0 Å². The van der Waals surface area contributed by atoms with Gasteiger partial charge in [0.2, 0.25) is 5.95 Å². The van der Waals surface area contributed by atoms with Crippen LogP contribution >= 0.6 is 11.3 Å². The SMILES string of the molecule is COc1ncc(-c2c(F)ccc3nc([C@@H]4C[C@H](O)CN4c4nc(N)nc(C)c4C#N)n(-c4ccccc4)c(=O)c23)s1. The van der Waals surface area contributed by atoms with E-state index in [2.05, 4.69) is 21.0 Å². The first kappa shape index (κ1) is 26.3. The number of benzene rings is 2. The van der Waals surface area contributed by atoms with E-state index in [9.17, 15) is 15.2 Å². The quantitative estimate of drug-likeness (QED) is 0.320. The van der Waals surface area contributed by atoms with E-state index in [1.165, 1.54) is 30.0 Å². The largest absolute Gasteiger partial charge is 0.473 e. The molecule has 206 valence electrons. The molecule has 0 saturated carbocycles. The van der Waals surface area contributed by atoms with Crippen molar-refractivity contribution in [2.24, 2.45) is 0 Å². The van der Waals surface area contributed by atoms with Gasteiger partial charge in [-0.15, -0.1) is 0 Å². The Hall–Kier alpha value is -4.93. The van der Waals surface area contributed by atoms with Gasteiger partial charge in [0.1, 0.15) is 23.3 Å². The Morgan fingerprint density at radius 1 is 1.20 bits per heavy atom. The van der Waals surface area contributed by atoms with Crippen molar-refractivity contribution in [1.82, 2.24) is 24.5 Å². The summed E-state index contributed by atoms with van der Waals surface area (Å²) in [6, 6.07) is 13.0. The minimum absolute atomic E-state index is 0.0244. The molecule has 1 aliphatic rings. The molecule has 2 atom stereocenters. The van der Waals surface area contributed by atoms with E-state index >= 15 is 4.39 Å². The maximum Gasteiger partial charge on any atom is 0.273 e. The molecule has 3 aromatic heterocycles. The molecular formula is C28H23FN8O3S. The highest BCUT2D eigenvalue weighted by Gasteiger charge is 2.38. The Labute approximate surface area is 237 Å². The first-order valence-corrected chi connectivity index (χ1v) is 13.4. The zero-order valence-corrected chi connectivity index (χ0v) is 22.8. The summed E-state index contributed by atoms with van der Waals surface area (Å²) >= 11 is 1.11. The number of nitrogens with two attached hydrogens (primary N) is 1. The van der Waals surface area contributed by atoms with Gasteiger partial charge in [-0.05, 0) is 31.2 Å². The molecule has 6 rings (SSSR count). The van der Waals surface area contributed by atoms with Crippen molar-refractivity contribution >= 4 is 34.0 Å². The lowest BCUT2D eigenvalue weighted by Crippen LogP contribution is -2.33. The summed E-state index contributed by atoms with van der Waals surface area (Å²) in [6.45, 7) is 1.77. The summed E-state index contributed by atoms with van der Waals surface area (Å²) in [5.74, 6) is -0.0878. The number of fused-ring (bicyclic) bond motifs is 1. The second-order valence-electron chi connectivity index (χ2n) is 9.49.